The first kappa shape index (κ1) is 27.3. The smallest absolute Gasteiger partial charge is 0.244 e. The Hall–Kier alpha value is -3.27. The summed E-state index contributed by atoms with van der Waals surface area (Å²) in [5.41, 5.74) is 2.14. The van der Waals surface area contributed by atoms with Crippen LogP contribution < -0.4 is 19.1 Å². The number of benzene rings is 2. The normalized spacial score (nSPS) is 13.4. The number of carbonyl (C=O) groups is 2. The van der Waals surface area contributed by atoms with Gasteiger partial charge in [-0.15, -0.1) is 0 Å². The minimum Gasteiger partial charge on any atom is -0.454 e. The lowest BCUT2D eigenvalue weighted by atomic mass is 10.1. The van der Waals surface area contributed by atoms with Crippen LogP contribution in [0.3, 0.4) is 0 Å². The molecule has 0 radical (unpaired) electrons. The highest BCUT2D eigenvalue weighted by atomic mass is 32.2. The second-order valence-corrected chi connectivity index (χ2v) is 11.4. The van der Waals surface area contributed by atoms with Gasteiger partial charge in [0.1, 0.15) is 12.6 Å². The highest BCUT2D eigenvalue weighted by Crippen LogP contribution is 2.36. The number of anilines is 1. The van der Waals surface area contributed by atoms with Crippen molar-refractivity contribution in [2.45, 2.75) is 47.2 Å². The third kappa shape index (κ3) is 6.48. The first-order valence-electron chi connectivity index (χ1n) is 12.0. The zero-order valence-electron chi connectivity index (χ0n) is 21.5. The molecule has 0 saturated heterocycles. The van der Waals surface area contributed by atoms with Crippen molar-refractivity contribution in [3.05, 3.63) is 53.6 Å². The molecule has 0 bridgehead atoms. The first-order chi connectivity index (χ1) is 17.0. The fourth-order valence-corrected chi connectivity index (χ4v) is 4.82. The lowest BCUT2D eigenvalue weighted by Gasteiger charge is -2.32. The number of nitrogens with zero attached hydrogens (tertiary/aromatic N) is 2. The van der Waals surface area contributed by atoms with Gasteiger partial charge < -0.3 is 19.7 Å². The van der Waals surface area contributed by atoms with Crippen LogP contribution in [0.4, 0.5) is 5.69 Å². The van der Waals surface area contributed by atoms with E-state index in [0.29, 0.717) is 23.7 Å². The molecule has 1 N–H and O–H groups in total. The molecule has 2 amide bonds. The molecule has 0 fully saturated rings. The van der Waals surface area contributed by atoms with Crippen LogP contribution in [0.25, 0.3) is 0 Å². The van der Waals surface area contributed by atoms with Crippen LogP contribution in [0.1, 0.15) is 38.8 Å². The third-order valence-electron chi connectivity index (χ3n) is 6.08. The topological polar surface area (TPSA) is 105 Å². The van der Waals surface area contributed by atoms with E-state index in [1.165, 1.54) is 11.8 Å². The van der Waals surface area contributed by atoms with Gasteiger partial charge >= 0.3 is 0 Å². The minimum absolute atomic E-state index is 0.0471. The summed E-state index contributed by atoms with van der Waals surface area (Å²) in [5, 5.41) is 2.88. The van der Waals surface area contributed by atoms with Crippen molar-refractivity contribution in [1.82, 2.24) is 10.2 Å². The Morgan fingerprint density at radius 1 is 1.06 bits per heavy atom. The Bertz CT molecular complexity index is 1200. The number of rotatable bonds is 11. The second-order valence-electron chi connectivity index (χ2n) is 9.21. The quantitative estimate of drug-likeness (QED) is 0.491. The Labute approximate surface area is 213 Å². The van der Waals surface area contributed by atoms with Crippen LogP contribution in [0.15, 0.2) is 42.5 Å². The number of ether oxygens (including phenoxy) is 2. The number of amides is 2. The largest absolute Gasteiger partial charge is 0.454 e. The molecule has 0 aliphatic carbocycles. The average molecular weight is 518 g/mol. The molecular weight excluding hydrogens is 482 g/mol. The van der Waals surface area contributed by atoms with Crippen LogP contribution in [0.2, 0.25) is 0 Å². The van der Waals surface area contributed by atoms with Crippen molar-refractivity contribution in [3.8, 4) is 11.5 Å². The van der Waals surface area contributed by atoms with Gasteiger partial charge in [0.2, 0.25) is 28.6 Å². The van der Waals surface area contributed by atoms with Gasteiger partial charge in [0.25, 0.3) is 0 Å². The molecule has 9 nitrogen and oxygen atoms in total. The zero-order chi connectivity index (χ0) is 26.5. The summed E-state index contributed by atoms with van der Waals surface area (Å²) in [6, 6.07) is 11.5. The van der Waals surface area contributed by atoms with Gasteiger partial charge in [-0.25, -0.2) is 8.42 Å². The van der Waals surface area contributed by atoms with E-state index in [1.807, 2.05) is 45.0 Å². The average Bonchev–Trinajstić information content (AvgIpc) is 3.32. The Morgan fingerprint density at radius 3 is 2.42 bits per heavy atom. The van der Waals surface area contributed by atoms with Crippen molar-refractivity contribution >= 4 is 27.5 Å². The molecule has 0 unspecified atom stereocenters. The van der Waals surface area contributed by atoms with Gasteiger partial charge in [0, 0.05) is 19.2 Å². The number of aryl methyl sites for hydroxylation is 1. The van der Waals surface area contributed by atoms with Gasteiger partial charge in [-0.3, -0.25) is 13.9 Å². The van der Waals surface area contributed by atoms with E-state index >= 15 is 0 Å². The van der Waals surface area contributed by atoms with E-state index in [0.717, 1.165) is 15.4 Å². The van der Waals surface area contributed by atoms with Gasteiger partial charge in [0.05, 0.1) is 11.4 Å². The summed E-state index contributed by atoms with van der Waals surface area (Å²) in [5.74, 6) is 0.193. The van der Waals surface area contributed by atoms with E-state index in [4.69, 9.17) is 9.47 Å². The number of hydrogen-bond donors (Lipinski definition) is 1. The molecule has 1 aliphatic rings. The predicted molar refractivity (Wildman–Crippen MR) is 138 cm³/mol. The summed E-state index contributed by atoms with van der Waals surface area (Å²) in [7, 11) is -3.82. The maximum atomic E-state index is 13.7. The number of nitrogens with one attached hydrogen (secondary N) is 1. The maximum absolute atomic E-state index is 13.7. The lowest BCUT2D eigenvalue weighted by Crippen LogP contribution is -2.51. The van der Waals surface area contributed by atoms with Crippen LogP contribution in [0, 0.1) is 12.8 Å². The molecule has 0 spiro atoms. The molecule has 1 aliphatic heterocycles. The van der Waals surface area contributed by atoms with E-state index in [1.54, 1.807) is 25.1 Å². The SMILES string of the molecule is CCS(=O)(=O)N(CC(=O)N(Cc1ccccc1C)[C@H](C)C(=O)NCC(C)C)c1ccc2c(c1)OCO2. The molecule has 2 aromatic rings. The number of fused-ring (bicyclic) bond motifs is 1. The van der Waals surface area contributed by atoms with E-state index < -0.39 is 28.5 Å². The predicted octanol–water partition coefficient (Wildman–Crippen LogP) is 3.07. The molecule has 10 heteroatoms. The highest BCUT2D eigenvalue weighted by Gasteiger charge is 2.32. The summed E-state index contributed by atoms with van der Waals surface area (Å²) in [4.78, 5) is 28.1. The second kappa shape index (κ2) is 11.6. The summed E-state index contributed by atoms with van der Waals surface area (Å²) in [6.07, 6.45) is 0. The van der Waals surface area contributed by atoms with Crippen LogP contribution >= 0.6 is 0 Å². The monoisotopic (exact) mass is 517 g/mol. The van der Waals surface area contributed by atoms with Gasteiger partial charge in [-0.1, -0.05) is 38.1 Å². The van der Waals surface area contributed by atoms with Crippen LogP contribution in [-0.2, 0) is 26.2 Å². The Balaban J connectivity index is 1.93. The van der Waals surface area contributed by atoms with Crippen LogP contribution in [0.5, 0.6) is 11.5 Å². The van der Waals surface area contributed by atoms with Crippen molar-refractivity contribution in [2.24, 2.45) is 5.92 Å². The molecule has 196 valence electrons. The third-order valence-corrected chi connectivity index (χ3v) is 7.82. The molecule has 1 heterocycles. The molecule has 2 aromatic carbocycles. The van der Waals surface area contributed by atoms with Crippen LogP contribution in [-0.4, -0.2) is 56.8 Å². The first-order valence-corrected chi connectivity index (χ1v) is 13.7. The Kier molecular flexibility index (Phi) is 8.84. The summed E-state index contributed by atoms with van der Waals surface area (Å²) >= 11 is 0. The molecule has 1 atom stereocenters. The minimum atomic E-state index is -3.82. The number of carbonyl (C=O) groups excluding carboxylic acids is 2. The van der Waals surface area contributed by atoms with Crippen molar-refractivity contribution in [2.75, 3.05) is 29.9 Å². The van der Waals surface area contributed by atoms with E-state index in [9.17, 15) is 18.0 Å². The van der Waals surface area contributed by atoms with Gasteiger partial charge in [-0.05, 0) is 49.9 Å². The molecule has 0 aromatic heterocycles. The lowest BCUT2D eigenvalue weighted by molar-refractivity contribution is -0.139. The summed E-state index contributed by atoms with van der Waals surface area (Å²) in [6.45, 7) is 9.32. The fourth-order valence-electron chi connectivity index (χ4n) is 3.77. The van der Waals surface area contributed by atoms with Crippen molar-refractivity contribution in [1.29, 1.82) is 0 Å². The number of hydrogen-bond acceptors (Lipinski definition) is 6. The molecule has 0 saturated carbocycles. The summed E-state index contributed by atoms with van der Waals surface area (Å²) < 4.78 is 37.9. The van der Waals surface area contributed by atoms with Crippen molar-refractivity contribution < 1.29 is 27.5 Å². The molecular formula is C26H35N3O6S. The molecule has 3 rings (SSSR count). The number of sulfonamides is 1. The molecule has 36 heavy (non-hydrogen) atoms. The van der Waals surface area contributed by atoms with Gasteiger partial charge in [-0.2, -0.15) is 0 Å². The zero-order valence-corrected chi connectivity index (χ0v) is 22.3. The standard InChI is InChI=1S/C26H35N3O6S/c1-6-36(32,33)29(22-11-12-23-24(13-22)35-17-34-23)16-25(30)28(15-21-10-8-7-9-19(21)4)20(5)26(31)27-14-18(2)3/h7-13,18,20H,6,14-17H2,1-5H3,(H,27,31)/t20-/m1/s1. The Morgan fingerprint density at radius 2 is 1.75 bits per heavy atom. The fraction of sp³-hybridized carbons (Fsp3) is 0.462. The highest BCUT2D eigenvalue weighted by molar-refractivity contribution is 7.92. The van der Waals surface area contributed by atoms with E-state index in [-0.39, 0.29) is 30.9 Å². The van der Waals surface area contributed by atoms with Gasteiger partial charge in [0.15, 0.2) is 11.5 Å². The van der Waals surface area contributed by atoms with Crippen molar-refractivity contribution in [3.63, 3.8) is 0 Å². The maximum Gasteiger partial charge on any atom is 0.244 e. The van der Waals surface area contributed by atoms with E-state index in [2.05, 4.69) is 5.32 Å².